The molecule has 1 unspecified atom stereocenters. The number of nitrogens with zero attached hydrogens (tertiary/aromatic N) is 2. The zero-order chi connectivity index (χ0) is 30.6. The maximum atomic E-state index is 12.1. The number of allylic oxidation sites excluding steroid dienone is 4. The minimum Gasteiger partial charge on any atom is -0.358 e. The summed E-state index contributed by atoms with van der Waals surface area (Å²) >= 11 is 0. The highest BCUT2D eigenvalue weighted by Crippen LogP contribution is 2.36. The highest BCUT2D eigenvalue weighted by atomic mass is 31.2. The van der Waals surface area contributed by atoms with Gasteiger partial charge in [-0.25, -0.2) is 4.99 Å². The number of fused-ring (bicyclic) bond motifs is 6. The summed E-state index contributed by atoms with van der Waals surface area (Å²) in [6.07, 6.45) is 10.0. The molecule has 3 aliphatic rings. The Hall–Kier alpha value is -4.40. The third-order valence-electron chi connectivity index (χ3n) is 7.62. The predicted octanol–water partition coefficient (Wildman–Crippen LogP) is 2.33. The van der Waals surface area contributed by atoms with Crippen LogP contribution in [-0.4, -0.2) is 47.0 Å². The summed E-state index contributed by atoms with van der Waals surface area (Å²) in [6, 6.07) is 20.2. The number of aliphatic imine (C=N–C) groups is 2. The van der Waals surface area contributed by atoms with Crippen LogP contribution in [0.1, 0.15) is 22.5 Å². The Morgan fingerprint density at radius 2 is 1.45 bits per heavy atom. The van der Waals surface area contributed by atoms with Crippen LogP contribution in [0, 0.1) is 0 Å². The van der Waals surface area contributed by atoms with Gasteiger partial charge in [-0.15, -0.1) is 0 Å². The summed E-state index contributed by atoms with van der Waals surface area (Å²) in [5.74, 6) is 0. The molecule has 2 aromatic carbocycles. The topological polar surface area (TPSA) is 171 Å². The predicted molar refractivity (Wildman–Crippen MR) is 171 cm³/mol. The third kappa shape index (κ3) is 5.51. The standard InChI is InChI=1S/C32H26N4O6P2/c37-43(38,39)25-5-1-3-19(15-25)31-27-11-7-21(33-27)17-23-9-13-29(35-23)32(20-4-2-6-26(16-20)44(40,41)42)30-14-10-24(36-30)18-22-8-12-28(31)34-22/h1-17,22,35-36H,18H2,(H2,37,38,39)(H2,40,41,42)/b23-17-,31-27-,32-29-. The van der Waals surface area contributed by atoms with Gasteiger partial charge in [0.1, 0.15) is 0 Å². The fraction of sp³-hybridized carbons (Fsp3) is 0.0625. The number of hydrogen-bond acceptors (Lipinski definition) is 4. The number of rotatable bonds is 4. The molecule has 0 fully saturated rings. The smallest absolute Gasteiger partial charge is 0.356 e. The van der Waals surface area contributed by atoms with Gasteiger partial charge in [-0.05, 0) is 84.0 Å². The van der Waals surface area contributed by atoms with Crippen molar-refractivity contribution in [3.63, 3.8) is 0 Å². The second kappa shape index (κ2) is 10.6. The van der Waals surface area contributed by atoms with Gasteiger partial charge in [0, 0.05) is 39.7 Å². The van der Waals surface area contributed by atoms with E-state index < -0.39 is 15.2 Å². The van der Waals surface area contributed by atoms with Crippen LogP contribution in [0.4, 0.5) is 0 Å². The lowest BCUT2D eigenvalue weighted by Crippen LogP contribution is -2.16. The van der Waals surface area contributed by atoms with Crippen molar-refractivity contribution in [2.24, 2.45) is 9.98 Å². The highest BCUT2D eigenvalue weighted by Gasteiger charge is 2.24. The van der Waals surface area contributed by atoms with Gasteiger partial charge in [0.25, 0.3) is 0 Å². The van der Waals surface area contributed by atoms with E-state index in [1.807, 2.05) is 60.7 Å². The fourth-order valence-electron chi connectivity index (χ4n) is 5.63. The molecule has 0 amide bonds. The van der Waals surface area contributed by atoms with Gasteiger partial charge in [0.05, 0.1) is 33.8 Å². The van der Waals surface area contributed by atoms with Crippen molar-refractivity contribution in [3.05, 3.63) is 136 Å². The number of nitrogens with one attached hydrogen (secondary N) is 2. The molecular formula is C32H26N4O6P2. The number of aromatic amines is 2. The highest BCUT2D eigenvalue weighted by molar-refractivity contribution is 7.60. The van der Waals surface area contributed by atoms with Gasteiger partial charge >= 0.3 is 15.2 Å². The molecule has 0 radical (unpaired) electrons. The van der Waals surface area contributed by atoms with Crippen molar-refractivity contribution < 1.29 is 28.7 Å². The van der Waals surface area contributed by atoms with Crippen molar-refractivity contribution in [1.29, 1.82) is 0 Å². The number of benzene rings is 2. The van der Waals surface area contributed by atoms with Crippen molar-refractivity contribution in [3.8, 4) is 0 Å². The zero-order valence-corrected chi connectivity index (χ0v) is 24.8. The summed E-state index contributed by atoms with van der Waals surface area (Å²) in [4.78, 5) is 56.0. The molecule has 4 aromatic rings. The number of hydrogen-bond donors (Lipinski definition) is 6. The first-order valence-electron chi connectivity index (χ1n) is 13.7. The van der Waals surface area contributed by atoms with E-state index in [-0.39, 0.29) is 16.7 Å². The average molecular weight is 625 g/mol. The Balaban J connectivity index is 1.44. The molecule has 0 saturated carbocycles. The van der Waals surface area contributed by atoms with Crippen LogP contribution >= 0.6 is 15.2 Å². The zero-order valence-electron chi connectivity index (χ0n) is 23.0. The molecule has 0 aliphatic carbocycles. The second-order valence-electron chi connectivity index (χ2n) is 10.7. The number of aromatic nitrogens is 2. The number of H-pyrrole nitrogens is 2. The summed E-state index contributed by atoms with van der Waals surface area (Å²) in [5, 5.41) is 1.36. The Morgan fingerprint density at radius 1 is 0.750 bits per heavy atom. The monoisotopic (exact) mass is 624 g/mol. The van der Waals surface area contributed by atoms with E-state index in [2.05, 4.69) is 9.97 Å². The molecule has 12 heteroatoms. The van der Waals surface area contributed by atoms with E-state index in [9.17, 15) is 28.7 Å². The molecule has 1 atom stereocenters. The van der Waals surface area contributed by atoms with E-state index >= 15 is 0 Å². The van der Waals surface area contributed by atoms with Crippen LogP contribution in [0.15, 0.2) is 113 Å². The van der Waals surface area contributed by atoms with Gasteiger partial charge in [-0.3, -0.25) is 14.1 Å². The Morgan fingerprint density at radius 3 is 2.16 bits per heavy atom. The van der Waals surface area contributed by atoms with Crippen LogP contribution < -0.4 is 21.3 Å². The Kier molecular flexibility index (Phi) is 6.86. The second-order valence-corrected chi connectivity index (χ2v) is 13.9. The van der Waals surface area contributed by atoms with Gasteiger partial charge in [0.15, 0.2) is 0 Å². The Bertz CT molecular complexity index is 2220. The first-order chi connectivity index (χ1) is 21.0. The van der Waals surface area contributed by atoms with Crippen LogP contribution in [0.3, 0.4) is 0 Å². The van der Waals surface area contributed by atoms with E-state index in [1.54, 1.807) is 18.2 Å². The lowest BCUT2D eigenvalue weighted by Gasteiger charge is -2.12. The van der Waals surface area contributed by atoms with E-state index in [0.29, 0.717) is 40.2 Å². The van der Waals surface area contributed by atoms with E-state index in [1.165, 1.54) is 24.3 Å². The van der Waals surface area contributed by atoms with Gasteiger partial charge < -0.3 is 29.5 Å². The lowest BCUT2D eigenvalue weighted by molar-refractivity contribution is 0.385. The van der Waals surface area contributed by atoms with Crippen molar-refractivity contribution in [2.75, 3.05) is 0 Å². The van der Waals surface area contributed by atoms with E-state index in [4.69, 9.17) is 9.98 Å². The molecule has 5 heterocycles. The molecule has 220 valence electrons. The largest absolute Gasteiger partial charge is 0.358 e. The molecule has 44 heavy (non-hydrogen) atoms. The van der Waals surface area contributed by atoms with Crippen LogP contribution in [0.2, 0.25) is 0 Å². The van der Waals surface area contributed by atoms with Gasteiger partial charge in [-0.1, -0.05) is 30.3 Å². The van der Waals surface area contributed by atoms with Crippen molar-refractivity contribution in [2.45, 2.75) is 12.5 Å². The van der Waals surface area contributed by atoms with Crippen LogP contribution in [0.5, 0.6) is 0 Å². The third-order valence-corrected chi connectivity index (χ3v) is 9.53. The minimum absolute atomic E-state index is 0.0652. The van der Waals surface area contributed by atoms with Gasteiger partial charge in [-0.2, -0.15) is 0 Å². The molecule has 8 bridgehead atoms. The maximum absolute atomic E-state index is 12.1. The summed E-state index contributed by atoms with van der Waals surface area (Å²) in [7, 11) is -8.94. The van der Waals surface area contributed by atoms with Crippen LogP contribution in [-0.2, 0) is 15.6 Å². The molecule has 3 aliphatic heterocycles. The van der Waals surface area contributed by atoms with Gasteiger partial charge in [0.2, 0.25) is 0 Å². The maximum Gasteiger partial charge on any atom is 0.356 e. The van der Waals surface area contributed by atoms with Crippen LogP contribution in [0.25, 0.3) is 17.2 Å². The minimum atomic E-state index is -4.48. The molecule has 6 N–H and O–H groups in total. The van der Waals surface area contributed by atoms with Crippen molar-refractivity contribution >= 4 is 54.4 Å². The molecule has 0 spiro atoms. The van der Waals surface area contributed by atoms with Crippen molar-refractivity contribution in [1.82, 2.24) is 9.97 Å². The summed E-state index contributed by atoms with van der Waals surface area (Å²) in [5.41, 5.74) is 6.28. The van der Waals surface area contributed by atoms with E-state index in [0.717, 1.165) is 27.7 Å². The molecular weight excluding hydrogens is 598 g/mol. The molecule has 0 saturated heterocycles. The summed E-state index contributed by atoms with van der Waals surface area (Å²) in [6.45, 7) is 0. The SMILES string of the molecule is O=P(O)(O)c1cccc(/C2=C3\C=CC(=N3)/C=c3/cc/c([nH]3)=C(\c3cccc(P(=O)(O)O)c3)c3ccc([nH]3)CC3C=CC2=N3)c1. The average Bonchev–Trinajstić information content (AvgIpc) is 3.79. The summed E-state index contributed by atoms with van der Waals surface area (Å²) < 4.78 is 24.1. The first-order valence-corrected chi connectivity index (χ1v) is 16.9. The normalized spacial score (nSPS) is 21.6. The molecule has 2 aromatic heterocycles. The molecule has 10 nitrogen and oxygen atoms in total. The Labute approximate surface area is 251 Å². The fourth-order valence-corrected chi connectivity index (χ4v) is 6.80. The molecule has 7 rings (SSSR count). The lowest BCUT2D eigenvalue weighted by atomic mass is 9.99. The quantitative estimate of drug-likeness (QED) is 0.190. The first kappa shape index (κ1) is 28.4.